The lowest BCUT2D eigenvalue weighted by Gasteiger charge is -2.14. The highest BCUT2D eigenvalue weighted by molar-refractivity contribution is 7.99. The van der Waals surface area contributed by atoms with Crippen molar-refractivity contribution in [2.24, 2.45) is 7.05 Å². The highest BCUT2D eigenvalue weighted by Crippen LogP contribution is 2.31. The normalized spacial score (nSPS) is 14.5. The molecule has 8 nitrogen and oxygen atoms in total. The van der Waals surface area contributed by atoms with Crippen molar-refractivity contribution >= 4 is 40.9 Å². The van der Waals surface area contributed by atoms with Gasteiger partial charge in [-0.1, -0.05) is 0 Å². The minimum Gasteiger partial charge on any atom is -0.449 e. The Labute approximate surface area is 167 Å². The van der Waals surface area contributed by atoms with Gasteiger partial charge < -0.3 is 15.4 Å². The number of carbonyl (C=O) groups is 3. The number of nitrogens with one attached hydrogen (secondary N) is 2. The van der Waals surface area contributed by atoms with Gasteiger partial charge in [0.15, 0.2) is 6.10 Å². The fourth-order valence-electron chi connectivity index (χ4n) is 2.81. The van der Waals surface area contributed by atoms with Gasteiger partial charge in [-0.2, -0.15) is 5.10 Å². The third-order valence-corrected chi connectivity index (χ3v) is 5.56. The molecule has 0 saturated carbocycles. The van der Waals surface area contributed by atoms with Gasteiger partial charge in [0.2, 0.25) is 5.91 Å². The van der Waals surface area contributed by atoms with E-state index in [1.54, 1.807) is 48.6 Å². The molecule has 2 N–H and O–H groups in total. The van der Waals surface area contributed by atoms with Crippen LogP contribution in [0.2, 0.25) is 0 Å². The number of amides is 2. The predicted octanol–water partition coefficient (Wildman–Crippen LogP) is 2.66. The lowest BCUT2D eigenvalue weighted by atomic mass is 10.2. The Hall–Kier alpha value is -2.81. The summed E-state index contributed by atoms with van der Waals surface area (Å²) in [5.74, 6) is -0.473. The topological polar surface area (TPSA) is 102 Å². The molecule has 1 atom stereocenters. The second kappa shape index (κ2) is 8.05. The largest absolute Gasteiger partial charge is 0.449 e. The fourth-order valence-corrected chi connectivity index (χ4v) is 3.75. The van der Waals surface area contributed by atoms with E-state index in [2.05, 4.69) is 15.7 Å². The van der Waals surface area contributed by atoms with E-state index in [1.165, 1.54) is 6.92 Å². The summed E-state index contributed by atoms with van der Waals surface area (Å²) < 4.78 is 6.98. The maximum absolute atomic E-state index is 12.5. The van der Waals surface area contributed by atoms with Gasteiger partial charge in [0, 0.05) is 24.1 Å². The third kappa shape index (κ3) is 4.19. The van der Waals surface area contributed by atoms with Crippen molar-refractivity contribution in [3.05, 3.63) is 35.2 Å². The summed E-state index contributed by atoms with van der Waals surface area (Å²) in [7, 11) is 1.79. The third-order valence-electron chi connectivity index (χ3n) is 4.49. The SMILES string of the molecule is Cc1nn(C)c(C)c1NC(=O)[C@@H](C)OC(=O)c1ccc2c(c1)NC(=O)CCS2. The van der Waals surface area contributed by atoms with Crippen LogP contribution >= 0.6 is 11.8 Å². The number of ether oxygens (including phenoxy) is 1. The van der Waals surface area contributed by atoms with Crippen molar-refractivity contribution in [3.63, 3.8) is 0 Å². The quantitative estimate of drug-likeness (QED) is 0.763. The van der Waals surface area contributed by atoms with Crippen molar-refractivity contribution in [3.8, 4) is 0 Å². The summed E-state index contributed by atoms with van der Waals surface area (Å²) in [6.45, 7) is 5.14. The van der Waals surface area contributed by atoms with E-state index in [4.69, 9.17) is 4.74 Å². The zero-order valence-corrected chi connectivity index (χ0v) is 17.0. The predicted molar refractivity (Wildman–Crippen MR) is 107 cm³/mol. The van der Waals surface area contributed by atoms with Crippen molar-refractivity contribution in [2.45, 2.75) is 38.2 Å². The maximum Gasteiger partial charge on any atom is 0.338 e. The minimum absolute atomic E-state index is 0.0910. The highest BCUT2D eigenvalue weighted by Gasteiger charge is 2.23. The first-order chi connectivity index (χ1) is 13.3. The summed E-state index contributed by atoms with van der Waals surface area (Å²) in [4.78, 5) is 37.5. The van der Waals surface area contributed by atoms with E-state index in [1.807, 2.05) is 6.92 Å². The second-order valence-electron chi connectivity index (χ2n) is 6.56. The van der Waals surface area contributed by atoms with E-state index in [9.17, 15) is 14.4 Å². The van der Waals surface area contributed by atoms with Crippen LogP contribution < -0.4 is 10.6 Å². The molecule has 1 aliphatic rings. The smallest absolute Gasteiger partial charge is 0.338 e. The van der Waals surface area contributed by atoms with E-state index in [0.29, 0.717) is 29.2 Å². The Kier molecular flexibility index (Phi) is 5.73. The first kappa shape index (κ1) is 19.9. The number of aryl methyl sites for hydroxylation is 2. The van der Waals surface area contributed by atoms with E-state index >= 15 is 0 Å². The molecule has 0 spiro atoms. The Morgan fingerprint density at radius 3 is 2.79 bits per heavy atom. The number of aromatic nitrogens is 2. The monoisotopic (exact) mass is 402 g/mol. The Morgan fingerprint density at radius 1 is 1.36 bits per heavy atom. The average Bonchev–Trinajstić information content (AvgIpc) is 2.80. The van der Waals surface area contributed by atoms with Gasteiger partial charge in [0.1, 0.15) is 0 Å². The molecule has 0 radical (unpaired) electrons. The molecule has 1 aromatic carbocycles. The van der Waals surface area contributed by atoms with Crippen LogP contribution in [0.5, 0.6) is 0 Å². The van der Waals surface area contributed by atoms with Crippen LogP contribution in [0.4, 0.5) is 11.4 Å². The number of nitrogens with zero attached hydrogens (tertiary/aromatic N) is 2. The molecule has 9 heteroatoms. The second-order valence-corrected chi connectivity index (χ2v) is 7.70. The highest BCUT2D eigenvalue weighted by atomic mass is 32.2. The number of carbonyl (C=O) groups excluding carboxylic acids is 3. The lowest BCUT2D eigenvalue weighted by Crippen LogP contribution is -2.30. The number of hydrogen-bond donors (Lipinski definition) is 2. The molecule has 0 bridgehead atoms. The first-order valence-corrected chi connectivity index (χ1v) is 9.83. The van der Waals surface area contributed by atoms with Crippen molar-refractivity contribution in [1.29, 1.82) is 0 Å². The maximum atomic E-state index is 12.5. The number of esters is 1. The van der Waals surface area contributed by atoms with Gasteiger partial charge in [-0.15, -0.1) is 11.8 Å². The molecule has 2 amide bonds. The molecule has 2 heterocycles. The first-order valence-electron chi connectivity index (χ1n) is 8.85. The molecule has 0 saturated heterocycles. The van der Waals surface area contributed by atoms with Gasteiger partial charge in [-0.05, 0) is 39.0 Å². The van der Waals surface area contributed by atoms with Crippen LogP contribution in [0.1, 0.15) is 35.1 Å². The van der Waals surface area contributed by atoms with Crippen LogP contribution in [0, 0.1) is 13.8 Å². The standard InChI is InChI=1S/C19H22N4O4S/c1-10-17(11(2)23(4)22-10)21-18(25)12(3)27-19(26)13-5-6-15-14(9-13)20-16(24)7-8-28-15/h5-6,9,12H,7-8H2,1-4H3,(H,20,24)(H,21,25)/t12-/m1/s1. The molecule has 3 rings (SSSR count). The van der Waals surface area contributed by atoms with E-state index in [-0.39, 0.29) is 11.5 Å². The molecule has 0 unspecified atom stereocenters. The molecular weight excluding hydrogens is 380 g/mol. The summed E-state index contributed by atoms with van der Waals surface area (Å²) in [6.07, 6.45) is -0.571. The van der Waals surface area contributed by atoms with Gasteiger partial charge in [0.05, 0.1) is 28.3 Å². The molecule has 2 aromatic rings. The van der Waals surface area contributed by atoms with Crippen LogP contribution in [0.15, 0.2) is 23.1 Å². The molecule has 1 aliphatic heterocycles. The number of thioether (sulfide) groups is 1. The molecule has 0 aliphatic carbocycles. The number of benzene rings is 1. The zero-order valence-electron chi connectivity index (χ0n) is 16.2. The number of fused-ring (bicyclic) bond motifs is 1. The number of anilines is 2. The summed E-state index contributed by atoms with van der Waals surface area (Å²) in [6, 6.07) is 4.98. The fraction of sp³-hybridized carbons (Fsp3) is 0.368. The number of rotatable bonds is 4. The summed E-state index contributed by atoms with van der Waals surface area (Å²) in [5, 5.41) is 9.79. The van der Waals surface area contributed by atoms with Crippen LogP contribution in [0.25, 0.3) is 0 Å². The number of hydrogen-bond acceptors (Lipinski definition) is 6. The zero-order chi connectivity index (χ0) is 20.4. The molecular formula is C19H22N4O4S. The van der Waals surface area contributed by atoms with Gasteiger partial charge in [-0.3, -0.25) is 14.3 Å². The van der Waals surface area contributed by atoms with Gasteiger partial charge >= 0.3 is 5.97 Å². The molecule has 28 heavy (non-hydrogen) atoms. The van der Waals surface area contributed by atoms with Crippen LogP contribution in [-0.2, 0) is 21.4 Å². The molecule has 148 valence electrons. The summed E-state index contributed by atoms with van der Waals surface area (Å²) in [5.41, 5.74) is 2.96. The van der Waals surface area contributed by atoms with E-state index in [0.717, 1.165) is 10.6 Å². The Balaban J connectivity index is 1.68. The van der Waals surface area contributed by atoms with E-state index < -0.39 is 18.0 Å². The Bertz CT molecular complexity index is 954. The van der Waals surface area contributed by atoms with Gasteiger partial charge in [0.25, 0.3) is 5.91 Å². The average molecular weight is 402 g/mol. The van der Waals surface area contributed by atoms with Crippen molar-refractivity contribution < 1.29 is 19.1 Å². The minimum atomic E-state index is -0.991. The Morgan fingerprint density at radius 2 is 2.11 bits per heavy atom. The molecule has 1 aromatic heterocycles. The van der Waals surface area contributed by atoms with Crippen molar-refractivity contribution in [2.75, 3.05) is 16.4 Å². The summed E-state index contributed by atoms with van der Waals surface area (Å²) >= 11 is 1.55. The molecule has 0 fully saturated rings. The van der Waals surface area contributed by atoms with Gasteiger partial charge in [-0.25, -0.2) is 4.79 Å². The van der Waals surface area contributed by atoms with Crippen molar-refractivity contribution in [1.82, 2.24) is 9.78 Å². The lowest BCUT2D eigenvalue weighted by molar-refractivity contribution is -0.123. The van der Waals surface area contributed by atoms with Crippen LogP contribution in [-0.4, -0.2) is 39.4 Å². The van der Waals surface area contributed by atoms with Crippen LogP contribution in [0.3, 0.4) is 0 Å².